The van der Waals surface area contributed by atoms with Gasteiger partial charge in [0.15, 0.2) is 0 Å². The van der Waals surface area contributed by atoms with E-state index in [1.54, 1.807) is 12.3 Å². The molecule has 4 rings (SSSR count). The number of β-amino-alcohol motifs (C(OH)–C–C–N with tert-alkyl or cyclic N) is 1. The SMILES string of the molecule is Cn1cccc1-c1cc(C(=O)N[C@@H]2CCN(Cc3cccnc3)C[C@H]2O)[nH]n1. The molecule has 1 fully saturated rings. The summed E-state index contributed by atoms with van der Waals surface area (Å²) in [5.74, 6) is -0.252. The summed E-state index contributed by atoms with van der Waals surface area (Å²) in [6.07, 6.45) is 5.58. The van der Waals surface area contributed by atoms with Gasteiger partial charge in [0.2, 0.25) is 0 Å². The molecule has 8 nitrogen and oxygen atoms in total. The van der Waals surface area contributed by atoms with Crippen LogP contribution in [0.3, 0.4) is 0 Å². The van der Waals surface area contributed by atoms with Crippen LogP contribution in [0, 0.1) is 0 Å². The van der Waals surface area contributed by atoms with Crippen molar-refractivity contribution in [2.75, 3.05) is 13.1 Å². The Kier molecular flexibility index (Phi) is 5.23. The Bertz CT molecular complexity index is 935. The Morgan fingerprint density at radius 2 is 2.29 bits per heavy atom. The van der Waals surface area contributed by atoms with E-state index in [9.17, 15) is 9.90 Å². The van der Waals surface area contributed by atoms with Crippen molar-refractivity contribution in [2.45, 2.75) is 25.1 Å². The molecule has 0 aromatic carbocycles. The number of amides is 1. The van der Waals surface area contributed by atoms with Crippen molar-refractivity contribution in [3.8, 4) is 11.4 Å². The number of H-pyrrole nitrogens is 1. The quantitative estimate of drug-likeness (QED) is 0.617. The Morgan fingerprint density at radius 3 is 3.00 bits per heavy atom. The molecule has 28 heavy (non-hydrogen) atoms. The fourth-order valence-electron chi connectivity index (χ4n) is 3.60. The number of likely N-dealkylation sites (tertiary alicyclic amines) is 1. The monoisotopic (exact) mass is 380 g/mol. The summed E-state index contributed by atoms with van der Waals surface area (Å²) in [4.78, 5) is 18.9. The second-order valence-corrected chi connectivity index (χ2v) is 7.20. The Hall–Kier alpha value is -2.97. The number of pyridine rings is 1. The molecular formula is C20H24N6O2. The summed E-state index contributed by atoms with van der Waals surface area (Å²) in [6, 6.07) is 9.26. The normalized spacial score (nSPS) is 20.2. The Labute approximate surface area is 163 Å². The van der Waals surface area contributed by atoms with Crippen LogP contribution in [-0.2, 0) is 13.6 Å². The second-order valence-electron chi connectivity index (χ2n) is 7.20. The first-order chi connectivity index (χ1) is 13.6. The highest BCUT2D eigenvalue weighted by Gasteiger charge is 2.29. The van der Waals surface area contributed by atoms with Gasteiger partial charge in [0.25, 0.3) is 5.91 Å². The fraction of sp³-hybridized carbons (Fsp3) is 0.350. The van der Waals surface area contributed by atoms with Crippen LogP contribution in [0.4, 0.5) is 0 Å². The maximum absolute atomic E-state index is 12.6. The highest BCUT2D eigenvalue weighted by molar-refractivity contribution is 5.93. The zero-order chi connectivity index (χ0) is 19.5. The van der Waals surface area contributed by atoms with Crippen LogP contribution in [0.5, 0.6) is 0 Å². The molecule has 0 unspecified atom stereocenters. The van der Waals surface area contributed by atoms with Gasteiger partial charge in [-0.25, -0.2) is 0 Å². The average Bonchev–Trinajstić information content (AvgIpc) is 3.33. The predicted molar refractivity (Wildman–Crippen MR) is 104 cm³/mol. The number of rotatable bonds is 5. The third-order valence-electron chi connectivity index (χ3n) is 5.14. The molecular weight excluding hydrogens is 356 g/mol. The standard InChI is InChI=1S/C20H24N6O2/c1-25-8-3-5-18(25)16-10-17(24-23-16)20(28)22-15-6-9-26(13-19(15)27)12-14-4-2-7-21-11-14/h2-5,7-8,10-11,15,19,27H,6,9,12-13H2,1H3,(H,22,28)(H,23,24)/t15-,19-/m1/s1. The maximum Gasteiger partial charge on any atom is 0.269 e. The number of aromatic amines is 1. The van der Waals surface area contributed by atoms with Gasteiger partial charge in [-0.05, 0) is 36.2 Å². The Morgan fingerprint density at radius 1 is 1.39 bits per heavy atom. The smallest absolute Gasteiger partial charge is 0.269 e. The van der Waals surface area contributed by atoms with Crippen LogP contribution >= 0.6 is 0 Å². The third-order valence-corrected chi connectivity index (χ3v) is 5.14. The molecule has 8 heteroatoms. The lowest BCUT2D eigenvalue weighted by molar-refractivity contribution is 0.0348. The minimum Gasteiger partial charge on any atom is -0.390 e. The van der Waals surface area contributed by atoms with Crippen molar-refractivity contribution in [3.63, 3.8) is 0 Å². The molecule has 0 saturated carbocycles. The molecule has 146 valence electrons. The first kappa shape index (κ1) is 18.4. The number of aliphatic hydroxyl groups is 1. The van der Waals surface area contributed by atoms with Gasteiger partial charge in [0, 0.05) is 45.3 Å². The zero-order valence-corrected chi connectivity index (χ0v) is 15.7. The number of aryl methyl sites for hydroxylation is 1. The van der Waals surface area contributed by atoms with Crippen molar-refractivity contribution >= 4 is 5.91 Å². The maximum atomic E-state index is 12.6. The summed E-state index contributed by atoms with van der Waals surface area (Å²) < 4.78 is 1.94. The Balaban J connectivity index is 1.34. The summed E-state index contributed by atoms with van der Waals surface area (Å²) in [5.41, 5.74) is 3.15. The third kappa shape index (κ3) is 3.97. The second kappa shape index (κ2) is 7.95. The minimum atomic E-state index is -0.621. The summed E-state index contributed by atoms with van der Waals surface area (Å²) in [7, 11) is 1.93. The van der Waals surface area contributed by atoms with E-state index < -0.39 is 6.10 Å². The first-order valence-electron chi connectivity index (χ1n) is 9.37. The molecule has 0 radical (unpaired) electrons. The highest BCUT2D eigenvalue weighted by atomic mass is 16.3. The van der Waals surface area contributed by atoms with Crippen LogP contribution in [0.15, 0.2) is 48.9 Å². The van der Waals surface area contributed by atoms with Crippen molar-refractivity contribution in [1.82, 2.24) is 30.0 Å². The summed E-state index contributed by atoms with van der Waals surface area (Å²) in [5, 5.41) is 20.5. The fourth-order valence-corrected chi connectivity index (χ4v) is 3.60. The largest absolute Gasteiger partial charge is 0.390 e. The number of aromatic nitrogens is 4. The number of nitrogens with one attached hydrogen (secondary N) is 2. The van der Waals surface area contributed by atoms with E-state index in [-0.39, 0.29) is 11.9 Å². The van der Waals surface area contributed by atoms with Crippen molar-refractivity contribution < 1.29 is 9.90 Å². The molecule has 4 heterocycles. The van der Waals surface area contributed by atoms with Crippen LogP contribution in [0.2, 0.25) is 0 Å². The highest BCUT2D eigenvalue weighted by Crippen LogP contribution is 2.18. The topological polar surface area (TPSA) is 99.1 Å². The number of carbonyl (C=O) groups is 1. The molecule has 1 amide bonds. The summed E-state index contributed by atoms with van der Waals surface area (Å²) >= 11 is 0. The number of nitrogens with zero attached hydrogens (tertiary/aromatic N) is 4. The lowest BCUT2D eigenvalue weighted by Gasteiger charge is -2.36. The van der Waals surface area contributed by atoms with Gasteiger partial charge in [-0.3, -0.25) is 19.8 Å². The number of hydrogen-bond donors (Lipinski definition) is 3. The molecule has 0 bridgehead atoms. The lowest BCUT2D eigenvalue weighted by Crippen LogP contribution is -2.53. The first-order valence-corrected chi connectivity index (χ1v) is 9.37. The van der Waals surface area contributed by atoms with E-state index in [0.717, 1.165) is 24.3 Å². The van der Waals surface area contributed by atoms with Crippen molar-refractivity contribution in [1.29, 1.82) is 0 Å². The van der Waals surface area contributed by atoms with Crippen LogP contribution in [-0.4, -0.2) is 60.9 Å². The van der Waals surface area contributed by atoms with Gasteiger partial charge in [-0.1, -0.05) is 6.07 Å². The molecule has 1 aliphatic rings. The number of carbonyl (C=O) groups excluding carboxylic acids is 1. The van der Waals surface area contributed by atoms with E-state index in [1.165, 1.54) is 0 Å². The average molecular weight is 380 g/mol. The van der Waals surface area contributed by atoms with Crippen LogP contribution in [0.1, 0.15) is 22.5 Å². The zero-order valence-electron chi connectivity index (χ0n) is 15.7. The van der Waals surface area contributed by atoms with E-state index >= 15 is 0 Å². The number of hydrogen-bond acceptors (Lipinski definition) is 5. The molecule has 3 aromatic rings. The lowest BCUT2D eigenvalue weighted by atomic mass is 10.0. The van der Waals surface area contributed by atoms with E-state index in [1.807, 2.05) is 48.3 Å². The van der Waals surface area contributed by atoms with Gasteiger partial charge >= 0.3 is 0 Å². The van der Waals surface area contributed by atoms with E-state index in [0.29, 0.717) is 24.4 Å². The van der Waals surface area contributed by atoms with Gasteiger partial charge in [0.05, 0.1) is 17.8 Å². The van der Waals surface area contributed by atoms with Gasteiger partial charge < -0.3 is 15.0 Å². The molecule has 0 aliphatic carbocycles. The van der Waals surface area contributed by atoms with Gasteiger partial charge in [-0.2, -0.15) is 5.10 Å². The number of piperidine rings is 1. The molecule has 3 N–H and O–H groups in total. The van der Waals surface area contributed by atoms with E-state index in [2.05, 4.69) is 25.4 Å². The van der Waals surface area contributed by atoms with Gasteiger partial charge in [-0.15, -0.1) is 0 Å². The van der Waals surface area contributed by atoms with Crippen LogP contribution in [0.25, 0.3) is 11.4 Å². The van der Waals surface area contributed by atoms with Gasteiger partial charge in [0.1, 0.15) is 11.4 Å². The van der Waals surface area contributed by atoms with Crippen molar-refractivity contribution in [2.24, 2.45) is 7.05 Å². The molecule has 1 aliphatic heterocycles. The molecule has 3 aromatic heterocycles. The molecule has 0 spiro atoms. The van der Waals surface area contributed by atoms with Crippen LogP contribution < -0.4 is 5.32 Å². The minimum absolute atomic E-state index is 0.252. The number of aliphatic hydroxyl groups excluding tert-OH is 1. The van der Waals surface area contributed by atoms with Crippen molar-refractivity contribution in [3.05, 3.63) is 60.2 Å². The van der Waals surface area contributed by atoms with E-state index in [4.69, 9.17) is 0 Å². The summed E-state index contributed by atoms with van der Waals surface area (Å²) in [6.45, 7) is 2.05. The molecule has 2 atom stereocenters. The predicted octanol–water partition coefficient (Wildman–Crippen LogP) is 1.18. The molecule has 1 saturated heterocycles.